The number of nitrogen functional groups attached to an aromatic ring is 1. The number of anilines is 1. The highest BCUT2D eigenvalue weighted by Gasteiger charge is 2.18. The minimum Gasteiger partial charge on any atom is -0.494 e. The first-order chi connectivity index (χ1) is 14.5. The number of rotatable bonds is 6. The number of aryl methyl sites for hydroxylation is 1. The van der Waals surface area contributed by atoms with E-state index < -0.39 is 0 Å². The van der Waals surface area contributed by atoms with Crippen molar-refractivity contribution in [1.29, 1.82) is 0 Å². The number of ether oxygens (including phenoxy) is 1. The van der Waals surface area contributed by atoms with Gasteiger partial charge in [0, 0.05) is 11.3 Å². The van der Waals surface area contributed by atoms with E-state index in [-0.39, 0.29) is 5.92 Å². The van der Waals surface area contributed by atoms with Crippen LogP contribution in [0.4, 0.5) is 5.69 Å². The van der Waals surface area contributed by atoms with E-state index in [1.807, 2.05) is 44.2 Å². The SMILES string of the molecule is CCOc1ccc(-c2cccc(C(C)c3nc(-c4ccc(C)c(N)c4)no3)c2)cc1. The zero-order valence-electron chi connectivity index (χ0n) is 17.4. The second kappa shape index (κ2) is 8.41. The van der Waals surface area contributed by atoms with E-state index in [2.05, 4.69) is 53.5 Å². The van der Waals surface area contributed by atoms with Crippen molar-refractivity contribution < 1.29 is 9.26 Å². The smallest absolute Gasteiger partial charge is 0.234 e. The van der Waals surface area contributed by atoms with E-state index in [1.165, 1.54) is 0 Å². The van der Waals surface area contributed by atoms with Gasteiger partial charge in [-0.3, -0.25) is 0 Å². The normalized spacial score (nSPS) is 12.0. The van der Waals surface area contributed by atoms with Crippen LogP contribution in [-0.4, -0.2) is 16.7 Å². The fraction of sp³-hybridized carbons (Fsp3) is 0.200. The number of nitrogens with two attached hydrogens (primary N) is 1. The van der Waals surface area contributed by atoms with Gasteiger partial charge in [-0.25, -0.2) is 0 Å². The molecule has 3 aromatic carbocycles. The zero-order chi connectivity index (χ0) is 21.1. The zero-order valence-corrected chi connectivity index (χ0v) is 17.4. The largest absolute Gasteiger partial charge is 0.494 e. The van der Waals surface area contributed by atoms with Crippen LogP contribution >= 0.6 is 0 Å². The number of hydrogen-bond donors (Lipinski definition) is 1. The van der Waals surface area contributed by atoms with Gasteiger partial charge < -0.3 is 15.0 Å². The molecule has 4 rings (SSSR count). The molecule has 1 atom stereocenters. The van der Waals surface area contributed by atoms with Crippen molar-refractivity contribution in [2.75, 3.05) is 12.3 Å². The van der Waals surface area contributed by atoms with Crippen LogP contribution in [0, 0.1) is 6.92 Å². The lowest BCUT2D eigenvalue weighted by molar-refractivity contribution is 0.340. The van der Waals surface area contributed by atoms with Gasteiger partial charge in [-0.05, 0) is 61.2 Å². The number of aromatic nitrogens is 2. The Kier molecular flexibility index (Phi) is 5.53. The summed E-state index contributed by atoms with van der Waals surface area (Å²) in [5, 5.41) is 4.16. The Labute approximate surface area is 176 Å². The molecule has 0 amide bonds. The maximum atomic E-state index is 6.02. The molecule has 152 valence electrons. The molecule has 0 spiro atoms. The molecule has 0 radical (unpaired) electrons. The highest BCUT2D eigenvalue weighted by molar-refractivity contribution is 5.66. The van der Waals surface area contributed by atoms with E-state index in [4.69, 9.17) is 15.0 Å². The summed E-state index contributed by atoms with van der Waals surface area (Å²) in [6.07, 6.45) is 0. The summed E-state index contributed by atoms with van der Waals surface area (Å²) in [7, 11) is 0. The molecule has 2 N–H and O–H groups in total. The van der Waals surface area contributed by atoms with Crippen molar-refractivity contribution in [1.82, 2.24) is 10.1 Å². The summed E-state index contributed by atoms with van der Waals surface area (Å²) in [4.78, 5) is 4.61. The van der Waals surface area contributed by atoms with Gasteiger partial charge in [-0.15, -0.1) is 0 Å². The molecule has 0 fully saturated rings. The summed E-state index contributed by atoms with van der Waals surface area (Å²) in [5.74, 6) is 1.97. The minimum atomic E-state index is -0.0308. The quantitative estimate of drug-likeness (QED) is 0.412. The van der Waals surface area contributed by atoms with Crippen LogP contribution in [0.5, 0.6) is 5.75 Å². The van der Waals surface area contributed by atoms with E-state index >= 15 is 0 Å². The summed E-state index contributed by atoms with van der Waals surface area (Å²) < 4.78 is 11.1. The molecule has 0 saturated heterocycles. The lowest BCUT2D eigenvalue weighted by Crippen LogP contribution is -1.97. The third kappa shape index (κ3) is 4.06. The lowest BCUT2D eigenvalue weighted by Gasteiger charge is -2.10. The maximum Gasteiger partial charge on any atom is 0.234 e. The van der Waals surface area contributed by atoms with Gasteiger partial charge in [0.25, 0.3) is 0 Å². The third-order valence-electron chi connectivity index (χ3n) is 5.23. The molecule has 1 heterocycles. The van der Waals surface area contributed by atoms with E-state index in [0.717, 1.165) is 39.3 Å². The Morgan fingerprint density at radius 2 is 1.73 bits per heavy atom. The molecule has 0 aliphatic carbocycles. The second-order valence-corrected chi connectivity index (χ2v) is 7.33. The first kappa shape index (κ1) is 19.7. The summed E-state index contributed by atoms with van der Waals surface area (Å²) in [6, 6.07) is 22.3. The van der Waals surface area contributed by atoms with Gasteiger partial charge in [-0.2, -0.15) is 4.98 Å². The molecule has 0 aliphatic heterocycles. The molecular formula is C25H25N3O2. The van der Waals surface area contributed by atoms with Crippen molar-refractivity contribution in [3.63, 3.8) is 0 Å². The van der Waals surface area contributed by atoms with Crippen molar-refractivity contribution in [3.05, 3.63) is 83.7 Å². The maximum absolute atomic E-state index is 6.02. The highest BCUT2D eigenvalue weighted by atomic mass is 16.5. The average molecular weight is 399 g/mol. The summed E-state index contributed by atoms with van der Waals surface area (Å²) in [5.41, 5.74) is 12.0. The van der Waals surface area contributed by atoms with Gasteiger partial charge in [0.05, 0.1) is 12.5 Å². The second-order valence-electron chi connectivity index (χ2n) is 7.33. The van der Waals surface area contributed by atoms with Gasteiger partial charge in [-0.1, -0.05) is 53.7 Å². The Balaban J connectivity index is 1.58. The predicted molar refractivity (Wildman–Crippen MR) is 119 cm³/mol. The average Bonchev–Trinajstić information content (AvgIpc) is 3.26. The Hall–Kier alpha value is -3.60. The molecule has 0 aliphatic rings. The van der Waals surface area contributed by atoms with Crippen LogP contribution in [0.3, 0.4) is 0 Å². The van der Waals surface area contributed by atoms with E-state index in [1.54, 1.807) is 0 Å². The van der Waals surface area contributed by atoms with Gasteiger partial charge in [0.15, 0.2) is 0 Å². The van der Waals surface area contributed by atoms with Crippen LogP contribution in [0.2, 0.25) is 0 Å². The molecule has 0 saturated carbocycles. The Bertz CT molecular complexity index is 1150. The van der Waals surface area contributed by atoms with Crippen LogP contribution in [-0.2, 0) is 0 Å². The lowest BCUT2D eigenvalue weighted by atomic mass is 9.96. The summed E-state index contributed by atoms with van der Waals surface area (Å²) >= 11 is 0. The molecule has 5 nitrogen and oxygen atoms in total. The highest BCUT2D eigenvalue weighted by Crippen LogP contribution is 2.30. The fourth-order valence-corrected chi connectivity index (χ4v) is 3.35. The standard InChI is InChI=1S/C25H25N3O2/c1-4-29-22-12-10-18(11-13-22)20-7-5-6-19(14-20)17(3)25-27-24(28-30-25)21-9-8-16(2)23(26)15-21/h5-15,17H,4,26H2,1-3H3. The minimum absolute atomic E-state index is 0.0308. The van der Waals surface area contributed by atoms with Crippen LogP contribution in [0.1, 0.15) is 36.8 Å². The molecule has 1 aromatic heterocycles. The first-order valence-electron chi connectivity index (χ1n) is 10.1. The fourth-order valence-electron chi connectivity index (χ4n) is 3.35. The molecule has 0 bridgehead atoms. The van der Waals surface area contributed by atoms with E-state index in [0.29, 0.717) is 18.3 Å². The molecule has 30 heavy (non-hydrogen) atoms. The molecule has 5 heteroatoms. The van der Waals surface area contributed by atoms with Crippen molar-refractivity contribution >= 4 is 5.69 Å². The van der Waals surface area contributed by atoms with E-state index in [9.17, 15) is 0 Å². The van der Waals surface area contributed by atoms with Gasteiger partial charge >= 0.3 is 0 Å². The molecule has 4 aromatic rings. The number of hydrogen-bond acceptors (Lipinski definition) is 5. The van der Waals surface area contributed by atoms with Gasteiger partial charge in [0.1, 0.15) is 5.75 Å². The van der Waals surface area contributed by atoms with Crippen molar-refractivity contribution in [2.45, 2.75) is 26.7 Å². The molecule has 1 unspecified atom stereocenters. The molecular weight excluding hydrogens is 374 g/mol. The van der Waals surface area contributed by atoms with Crippen LogP contribution < -0.4 is 10.5 Å². The van der Waals surface area contributed by atoms with Gasteiger partial charge in [0.2, 0.25) is 11.7 Å². The first-order valence-corrected chi connectivity index (χ1v) is 10.1. The number of nitrogens with zero attached hydrogens (tertiary/aromatic N) is 2. The van der Waals surface area contributed by atoms with Crippen molar-refractivity contribution in [2.24, 2.45) is 0 Å². The Morgan fingerprint density at radius 1 is 0.967 bits per heavy atom. The third-order valence-corrected chi connectivity index (χ3v) is 5.23. The van der Waals surface area contributed by atoms with Crippen LogP contribution in [0.15, 0.2) is 71.3 Å². The van der Waals surface area contributed by atoms with Crippen LogP contribution in [0.25, 0.3) is 22.5 Å². The summed E-state index contributed by atoms with van der Waals surface area (Å²) in [6.45, 7) is 6.68. The monoisotopic (exact) mass is 399 g/mol. The number of benzene rings is 3. The topological polar surface area (TPSA) is 74.2 Å². The van der Waals surface area contributed by atoms with Crippen molar-refractivity contribution in [3.8, 4) is 28.3 Å². The Morgan fingerprint density at radius 3 is 2.47 bits per heavy atom. The predicted octanol–water partition coefficient (Wildman–Crippen LogP) is 5.84.